The van der Waals surface area contributed by atoms with Gasteiger partial charge in [0.25, 0.3) is 0 Å². The number of carbonyl (C=O) groups is 1. The van der Waals surface area contributed by atoms with E-state index in [1.807, 2.05) is 13.8 Å². The maximum atomic E-state index is 12.4. The third kappa shape index (κ3) is 2.19. The van der Waals surface area contributed by atoms with Crippen LogP contribution in [0.2, 0.25) is 10.0 Å². The summed E-state index contributed by atoms with van der Waals surface area (Å²) in [5, 5.41) is 10.3. The van der Waals surface area contributed by atoms with Gasteiger partial charge in [0.05, 0.1) is 15.9 Å². The van der Waals surface area contributed by atoms with Gasteiger partial charge in [0.1, 0.15) is 5.69 Å². The average Bonchev–Trinajstić information content (AvgIpc) is 2.31. The lowest BCUT2D eigenvalue weighted by atomic mass is 10.1. The van der Waals surface area contributed by atoms with E-state index in [2.05, 4.69) is 0 Å². The minimum absolute atomic E-state index is 0.0316. The van der Waals surface area contributed by atoms with Crippen molar-refractivity contribution in [2.75, 3.05) is 0 Å². The number of fused-ring (bicyclic) bond motifs is 1. The van der Waals surface area contributed by atoms with Crippen molar-refractivity contribution in [1.82, 2.24) is 4.57 Å². The Hall–Kier alpha value is -1.52. The number of halogens is 2. The van der Waals surface area contributed by atoms with Gasteiger partial charge < -0.3 is 9.67 Å². The van der Waals surface area contributed by atoms with Gasteiger partial charge in [-0.2, -0.15) is 0 Å². The Labute approximate surface area is 125 Å². The molecule has 106 valence electrons. The standard InChI is InChI=1S/C14H13Cl2NO3/c1-6(2)17-10-5-8(15)4-9(16)11(10)13(18)7(3)12(17)14(19)20/h4-6H,1-3H3,(H,19,20). The van der Waals surface area contributed by atoms with Crippen molar-refractivity contribution >= 4 is 40.1 Å². The summed E-state index contributed by atoms with van der Waals surface area (Å²) in [7, 11) is 0. The molecule has 2 rings (SSSR count). The Balaban J connectivity index is 3.18. The fraction of sp³-hybridized carbons (Fsp3) is 0.286. The molecule has 1 aromatic heterocycles. The van der Waals surface area contributed by atoms with Crippen LogP contribution >= 0.6 is 23.2 Å². The number of hydrogen-bond donors (Lipinski definition) is 1. The van der Waals surface area contributed by atoms with Crippen LogP contribution in [0, 0.1) is 6.92 Å². The lowest BCUT2D eigenvalue weighted by molar-refractivity contribution is 0.0682. The number of hydrogen-bond acceptors (Lipinski definition) is 2. The summed E-state index contributed by atoms with van der Waals surface area (Å²) in [5.74, 6) is -1.15. The Morgan fingerprint density at radius 2 is 1.90 bits per heavy atom. The van der Waals surface area contributed by atoms with Crippen LogP contribution in [0.5, 0.6) is 0 Å². The Morgan fingerprint density at radius 1 is 1.30 bits per heavy atom. The third-order valence-electron chi connectivity index (χ3n) is 3.18. The second kappa shape index (κ2) is 5.11. The van der Waals surface area contributed by atoms with Gasteiger partial charge in [0.15, 0.2) is 5.43 Å². The molecular weight excluding hydrogens is 301 g/mol. The quantitative estimate of drug-likeness (QED) is 0.914. The Morgan fingerprint density at radius 3 is 2.40 bits per heavy atom. The van der Waals surface area contributed by atoms with Crippen molar-refractivity contribution in [3.8, 4) is 0 Å². The zero-order chi connectivity index (χ0) is 15.2. The van der Waals surface area contributed by atoms with Crippen LogP contribution in [-0.2, 0) is 0 Å². The zero-order valence-corrected chi connectivity index (χ0v) is 12.7. The van der Waals surface area contributed by atoms with E-state index in [0.29, 0.717) is 15.9 Å². The minimum atomic E-state index is -1.15. The monoisotopic (exact) mass is 313 g/mol. The molecule has 0 aliphatic carbocycles. The number of aromatic carboxylic acids is 1. The Kier molecular flexibility index (Phi) is 3.80. The van der Waals surface area contributed by atoms with Crippen LogP contribution in [0.25, 0.3) is 10.9 Å². The molecule has 0 saturated heterocycles. The average molecular weight is 314 g/mol. The fourth-order valence-corrected chi connectivity index (χ4v) is 2.94. The predicted molar refractivity (Wildman–Crippen MR) is 80.3 cm³/mol. The van der Waals surface area contributed by atoms with E-state index < -0.39 is 5.97 Å². The van der Waals surface area contributed by atoms with Crippen LogP contribution in [0.3, 0.4) is 0 Å². The molecule has 2 aromatic rings. The van der Waals surface area contributed by atoms with Crippen molar-refractivity contribution < 1.29 is 9.90 Å². The zero-order valence-electron chi connectivity index (χ0n) is 11.2. The molecule has 0 bridgehead atoms. The highest BCUT2D eigenvalue weighted by molar-refractivity contribution is 6.38. The molecule has 0 fully saturated rings. The van der Waals surface area contributed by atoms with Crippen LogP contribution in [0.4, 0.5) is 0 Å². The van der Waals surface area contributed by atoms with Gasteiger partial charge in [-0.15, -0.1) is 0 Å². The van der Waals surface area contributed by atoms with E-state index in [1.165, 1.54) is 13.0 Å². The fourth-order valence-electron chi connectivity index (χ4n) is 2.37. The Bertz CT molecular complexity index is 778. The maximum absolute atomic E-state index is 12.4. The van der Waals surface area contributed by atoms with Gasteiger partial charge in [-0.1, -0.05) is 23.2 Å². The molecule has 1 aromatic carbocycles. The smallest absolute Gasteiger partial charge is 0.352 e. The van der Waals surface area contributed by atoms with E-state index in [1.54, 1.807) is 10.6 Å². The molecule has 0 radical (unpaired) electrons. The summed E-state index contributed by atoms with van der Waals surface area (Å²) in [6, 6.07) is 2.89. The number of carboxylic acids is 1. The van der Waals surface area contributed by atoms with Crippen LogP contribution in [-0.4, -0.2) is 15.6 Å². The van der Waals surface area contributed by atoms with Crippen LogP contribution in [0.15, 0.2) is 16.9 Å². The number of nitrogens with zero attached hydrogens (tertiary/aromatic N) is 1. The van der Waals surface area contributed by atoms with Crippen molar-refractivity contribution in [2.45, 2.75) is 26.8 Å². The number of aromatic nitrogens is 1. The van der Waals surface area contributed by atoms with Crippen molar-refractivity contribution in [1.29, 1.82) is 0 Å². The molecule has 0 aliphatic rings. The molecule has 1 N–H and O–H groups in total. The molecule has 0 spiro atoms. The number of carboxylic acid groups (broad SMARTS) is 1. The molecule has 0 atom stereocenters. The normalized spacial score (nSPS) is 11.3. The molecule has 0 aliphatic heterocycles. The minimum Gasteiger partial charge on any atom is -0.477 e. The lowest BCUT2D eigenvalue weighted by Crippen LogP contribution is -2.23. The second-order valence-electron chi connectivity index (χ2n) is 4.85. The van der Waals surface area contributed by atoms with E-state index in [0.717, 1.165) is 0 Å². The van der Waals surface area contributed by atoms with Crippen molar-refractivity contribution in [3.05, 3.63) is 43.7 Å². The maximum Gasteiger partial charge on any atom is 0.352 e. The lowest BCUT2D eigenvalue weighted by Gasteiger charge is -2.20. The molecule has 0 saturated carbocycles. The summed E-state index contributed by atoms with van der Waals surface area (Å²) in [4.78, 5) is 23.8. The van der Waals surface area contributed by atoms with E-state index >= 15 is 0 Å². The van der Waals surface area contributed by atoms with E-state index in [4.69, 9.17) is 23.2 Å². The molecule has 20 heavy (non-hydrogen) atoms. The number of rotatable bonds is 2. The first-order chi connectivity index (χ1) is 9.25. The third-order valence-corrected chi connectivity index (χ3v) is 3.69. The SMILES string of the molecule is Cc1c(C(=O)O)n(C(C)C)c2cc(Cl)cc(Cl)c2c1=O. The molecular formula is C14H13Cl2NO3. The molecule has 1 heterocycles. The first-order valence-electron chi connectivity index (χ1n) is 6.02. The van der Waals surface area contributed by atoms with Gasteiger partial charge >= 0.3 is 5.97 Å². The second-order valence-corrected chi connectivity index (χ2v) is 5.70. The van der Waals surface area contributed by atoms with Gasteiger partial charge in [-0.3, -0.25) is 4.79 Å². The largest absolute Gasteiger partial charge is 0.477 e. The highest BCUT2D eigenvalue weighted by Crippen LogP contribution is 2.29. The first-order valence-corrected chi connectivity index (χ1v) is 6.78. The highest BCUT2D eigenvalue weighted by atomic mass is 35.5. The van der Waals surface area contributed by atoms with Gasteiger partial charge in [0, 0.05) is 16.6 Å². The van der Waals surface area contributed by atoms with E-state index in [9.17, 15) is 14.7 Å². The van der Waals surface area contributed by atoms with Crippen LogP contribution < -0.4 is 5.43 Å². The van der Waals surface area contributed by atoms with Crippen LogP contribution in [0.1, 0.15) is 35.9 Å². The van der Waals surface area contributed by atoms with E-state index in [-0.39, 0.29) is 27.8 Å². The molecule has 6 heteroatoms. The first kappa shape index (κ1) is 14.9. The molecule has 4 nitrogen and oxygen atoms in total. The van der Waals surface area contributed by atoms with Gasteiger partial charge in [-0.25, -0.2) is 4.79 Å². The summed E-state index contributed by atoms with van der Waals surface area (Å²) in [6.07, 6.45) is 0. The van der Waals surface area contributed by atoms with Gasteiger partial charge in [-0.05, 0) is 32.9 Å². The molecule has 0 unspecified atom stereocenters. The molecule has 0 amide bonds. The highest BCUT2D eigenvalue weighted by Gasteiger charge is 2.22. The van der Waals surface area contributed by atoms with Crippen molar-refractivity contribution in [2.24, 2.45) is 0 Å². The summed E-state index contributed by atoms with van der Waals surface area (Å²) in [5.41, 5.74) is 0.195. The number of pyridine rings is 1. The number of benzene rings is 1. The summed E-state index contributed by atoms with van der Waals surface area (Å²) >= 11 is 12.1. The summed E-state index contributed by atoms with van der Waals surface area (Å²) < 4.78 is 1.58. The summed E-state index contributed by atoms with van der Waals surface area (Å²) in [6.45, 7) is 5.17. The topological polar surface area (TPSA) is 59.3 Å². The van der Waals surface area contributed by atoms with Crippen molar-refractivity contribution in [3.63, 3.8) is 0 Å². The predicted octanol–water partition coefficient (Wildman–Crippen LogP) is 3.90. The van der Waals surface area contributed by atoms with Gasteiger partial charge in [0.2, 0.25) is 0 Å².